The second-order valence-corrected chi connectivity index (χ2v) is 4.80. The van der Waals surface area contributed by atoms with E-state index in [2.05, 4.69) is 4.98 Å². The molecule has 0 aliphatic rings. The third-order valence-corrected chi connectivity index (χ3v) is 3.35. The first kappa shape index (κ1) is 12.5. The summed E-state index contributed by atoms with van der Waals surface area (Å²) in [6, 6.07) is 0. The van der Waals surface area contributed by atoms with Gasteiger partial charge in [0.15, 0.2) is 0 Å². The quantitative estimate of drug-likeness (QED) is 0.765. The van der Waals surface area contributed by atoms with E-state index in [1.165, 1.54) is 11.3 Å². The van der Waals surface area contributed by atoms with Crippen LogP contribution in [0, 0.1) is 13.8 Å². The van der Waals surface area contributed by atoms with Crippen molar-refractivity contribution in [2.24, 2.45) is 0 Å². The van der Waals surface area contributed by atoms with Crippen molar-refractivity contribution >= 4 is 28.8 Å². The first-order valence-corrected chi connectivity index (χ1v) is 6.24. The van der Waals surface area contributed by atoms with Crippen molar-refractivity contribution in [3.8, 4) is 0 Å². The molecule has 3 nitrogen and oxygen atoms in total. The molecule has 0 spiro atoms. The van der Waals surface area contributed by atoms with Crippen LogP contribution in [0.3, 0.4) is 0 Å². The number of carbonyl (C=O) groups excluding carboxylic acids is 1. The summed E-state index contributed by atoms with van der Waals surface area (Å²) >= 11 is 7.09. The third kappa shape index (κ3) is 2.92. The Morgan fingerprint density at radius 2 is 2.20 bits per heavy atom. The molecule has 0 saturated heterocycles. The van der Waals surface area contributed by atoms with Gasteiger partial charge in [0.1, 0.15) is 4.88 Å². The molecule has 0 unspecified atom stereocenters. The average Bonchev–Trinajstić information content (AvgIpc) is 2.53. The maximum atomic E-state index is 12.0. The number of alkyl halides is 1. The van der Waals surface area contributed by atoms with Gasteiger partial charge in [-0.05, 0) is 20.8 Å². The second-order valence-electron chi connectivity index (χ2n) is 3.22. The number of hydrogen-bond donors (Lipinski definition) is 0. The van der Waals surface area contributed by atoms with E-state index in [0.29, 0.717) is 19.0 Å². The fourth-order valence-corrected chi connectivity index (χ4v) is 2.47. The molecule has 15 heavy (non-hydrogen) atoms. The van der Waals surface area contributed by atoms with Crippen LogP contribution in [0.15, 0.2) is 0 Å². The van der Waals surface area contributed by atoms with Gasteiger partial charge in [-0.3, -0.25) is 4.79 Å². The monoisotopic (exact) mass is 246 g/mol. The highest BCUT2D eigenvalue weighted by molar-refractivity contribution is 7.13. The van der Waals surface area contributed by atoms with Gasteiger partial charge in [-0.2, -0.15) is 0 Å². The largest absolute Gasteiger partial charge is 0.337 e. The first-order valence-electron chi connectivity index (χ1n) is 4.89. The van der Waals surface area contributed by atoms with Gasteiger partial charge in [-0.1, -0.05) is 0 Å². The van der Waals surface area contributed by atoms with E-state index < -0.39 is 0 Å². The average molecular weight is 247 g/mol. The maximum absolute atomic E-state index is 12.0. The van der Waals surface area contributed by atoms with Crippen LogP contribution in [-0.4, -0.2) is 34.8 Å². The number of aryl methyl sites for hydroxylation is 2. The molecule has 0 aliphatic carbocycles. The van der Waals surface area contributed by atoms with Crippen molar-refractivity contribution < 1.29 is 4.79 Å². The van der Waals surface area contributed by atoms with E-state index in [9.17, 15) is 4.79 Å². The fourth-order valence-electron chi connectivity index (χ4n) is 1.38. The van der Waals surface area contributed by atoms with Crippen LogP contribution in [-0.2, 0) is 0 Å². The van der Waals surface area contributed by atoms with Gasteiger partial charge in [-0.15, -0.1) is 22.9 Å². The molecule has 1 rings (SSSR count). The summed E-state index contributed by atoms with van der Waals surface area (Å²) in [5, 5.41) is 0.928. The molecule has 1 amide bonds. The van der Waals surface area contributed by atoms with Gasteiger partial charge in [0, 0.05) is 19.0 Å². The molecule has 1 heterocycles. The van der Waals surface area contributed by atoms with Crippen LogP contribution < -0.4 is 0 Å². The molecule has 1 aromatic heterocycles. The lowest BCUT2D eigenvalue weighted by atomic mass is 10.3. The van der Waals surface area contributed by atoms with Crippen molar-refractivity contribution in [1.29, 1.82) is 0 Å². The van der Waals surface area contributed by atoms with E-state index in [1.54, 1.807) is 4.90 Å². The minimum atomic E-state index is 0.0428. The Kier molecular flexibility index (Phi) is 4.54. The number of nitrogens with zero attached hydrogens (tertiary/aromatic N) is 2. The Morgan fingerprint density at radius 3 is 2.60 bits per heavy atom. The summed E-state index contributed by atoms with van der Waals surface area (Å²) in [6.45, 7) is 7.00. The standard InChI is InChI=1S/C10H15ClN2OS/c1-4-13(6-5-11)10(14)9-7(2)12-8(3)15-9/h4-6H2,1-3H3. The number of halogens is 1. The Labute approximate surface area is 99.1 Å². The molecule has 0 aromatic carbocycles. The Hall–Kier alpha value is -0.610. The molecule has 0 aliphatic heterocycles. The number of hydrogen-bond acceptors (Lipinski definition) is 3. The zero-order chi connectivity index (χ0) is 11.4. The van der Waals surface area contributed by atoms with Crippen LogP contribution in [0.5, 0.6) is 0 Å². The van der Waals surface area contributed by atoms with Crippen LogP contribution >= 0.6 is 22.9 Å². The zero-order valence-electron chi connectivity index (χ0n) is 9.21. The minimum absolute atomic E-state index is 0.0428. The molecule has 0 atom stereocenters. The highest BCUT2D eigenvalue weighted by atomic mass is 35.5. The first-order chi connectivity index (χ1) is 7.10. The molecule has 0 bridgehead atoms. The van der Waals surface area contributed by atoms with E-state index in [-0.39, 0.29) is 5.91 Å². The molecular formula is C10H15ClN2OS. The summed E-state index contributed by atoms with van der Waals surface area (Å²) in [4.78, 5) is 18.8. The van der Waals surface area contributed by atoms with Gasteiger partial charge in [0.05, 0.1) is 10.7 Å². The van der Waals surface area contributed by atoms with Gasteiger partial charge >= 0.3 is 0 Å². The lowest BCUT2D eigenvalue weighted by Crippen LogP contribution is -2.32. The molecule has 0 N–H and O–H groups in total. The van der Waals surface area contributed by atoms with Crippen molar-refractivity contribution in [2.45, 2.75) is 20.8 Å². The molecular weight excluding hydrogens is 232 g/mol. The topological polar surface area (TPSA) is 33.2 Å². The Bertz CT molecular complexity index is 351. The van der Waals surface area contributed by atoms with E-state index >= 15 is 0 Å². The van der Waals surface area contributed by atoms with Crippen molar-refractivity contribution in [1.82, 2.24) is 9.88 Å². The number of amides is 1. The molecule has 5 heteroatoms. The highest BCUT2D eigenvalue weighted by Gasteiger charge is 2.18. The number of rotatable bonds is 4. The fraction of sp³-hybridized carbons (Fsp3) is 0.600. The van der Waals surface area contributed by atoms with E-state index in [1.807, 2.05) is 20.8 Å². The van der Waals surface area contributed by atoms with Crippen LogP contribution in [0.25, 0.3) is 0 Å². The minimum Gasteiger partial charge on any atom is -0.337 e. The van der Waals surface area contributed by atoms with Crippen LogP contribution in [0.4, 0.5) is 0 Å². The molecule has 0 fully saturated rings. The number of aromatic nitrogens is 1. The van der Waals surface area contributed by atoms with Gasteiger partial charge in [0.25, 0.3) is 5.91 Å². The summed E-state index contributed by atoms with van der Waals surface area (Å²) in [6.07, 6.45) is 0. The lowest BCUT2D eigenvalue weighted by Gasteiger charge is -2.18. The Balaban J connectivity index is 2.87. The molecule has 84 valence electrons. The predicted molar refractivity (Wildman–Crippen MR) is 63.9 cm³/mol. The van der Waals surface area contributed by atoms with E-state index in [0.717, 1.165) is 15.6 Å². The number of thiazole rings is 1. The zero-order valence-corrected chi connectivity index (χ0v) is 10.8. The summed E-state index contributed by atoms with van der Waals surface area (Å²) in [7, 11) is 0. The second kappa shape index (κ2) is 5.47. The van der Waals surface area contributed by atoms with Gasteiger partial charge < -0.3 is 4.90 Å². The lowest BCUT2D eigenvalue weighted by molar-refractivity contribution is 0.0778. The van der Waals surface area contributed by atoms with Crippen molar-refractivity contribution in [3.63, 3.8) is 0 Å². The summed E-state index contributed by atoms with van der Waals surface area (Å²) < 4.78 is 0. The normalized spacial score (nSPS) is 10.4. The van der Waals surface area contributed by atoms with Crippen molar-refractivity contribution in [2.75, 3.05) is 19.0 Å². The smallest absolute Gasteiger partial charge is 0.265 e. The number of carbonyl (C=O) groups is 1. The molecule has 1 aromatic rings. The van der Waals surface area contributed by atoms with Gasteiger partial charge in [0.2, 0.25) is 0 Å². The van der Waals surface area contributed by atoms with Crippen LogP contribution in [0.1, 0.15) is 27.3 Å². The summed E-state index contributed by atoms with van der Waals surface area (Å²) in [5.41, 5.74) is 0.815. The van der Waals surface area contributed by atoms with Crippen LogP contribution in [0.2, 0.25) is 0 Å². The highest BCUT2D eigenvalue weighted by Crippen LogP contribution is 2.19. The van der Waals surface area contributed by atoms with Gasteiger partial charge in [-0.25, -0.2) is 4.98 Å². The third-order valence-electron chi connectivity index (χ3n) is 2.12. The molecule has 0 radical (unpaired) electrons. The Morgan fingerprint density at radius 1 is 1.53 bits per heavy atom. The maximum Gasteiger partial charge on any atom is 0.265 e. The summed E-state index contributed by atoms with van der Waals surface area (Å²) in [5.74, 6) is 0.511. The van der Waals surface area contributed by atoms with Crippen molar-refractivity contribution in [3.05, 3.63) is 15.6 Å². The van der Waals surface area contributed by atoms with E-state index in [4.69, 9.17) is 11.6 Å². The SMILES string of the molecule is CCN(CCCl)C(=O)c1sc(C)nc1C. The molecule has 0 saturated carbocycles. The predicted octanol–water partition coefficient (Wildman–Crippen LogP) is 2.46.